The molecule has 1 unspecified atom stereocenters. The van der Waals surface area contributed by atoms with E-state index in [1.165, 1.54) is 17.5 Å². The van der Waals surface area contributed by atoms with Gasteiger partial charge in [-0.25, -0.2) is 0 Å². The minimum atomic E-state index is -0.205. The van der Waals surface area contributed by atoms with Crippen LogP contribution in [0, 0.1) is 6.92 Å². The molecule has 1 rings (SSSR count). The topological polar surface area (TPSA) is 20.2 Å². The number of benzene rings is 1. The molecule has 1 aromatic rings. The summed E-state index contributed by atoms with van der Waals surface area (Å²) in [6, 6.07) is 8.37. The first-order valence-corrected chi connectivity index (χ1v) is 6.69. The maximum absolute atomic E-state index is 9.80. The summed E-state index contributed by atoms with van der Waals surface area (Å²) >= 11 is 1.83. The average Bonchev–Trinajstić information content (AvgIpc) is 2.18. The van der Waals surface area contributed by atoms with Crippen molar-refractivity contribution in [3.05, 3.63) is 35.4 Å². The molecule has 0 aliphatic rings. The maximum Gasteiger partial charge on any atom is 0.0670 e. The van der Waals surface area contributed by atoms with Gasteiger partial charge in [-0.2, -0.15) is 11.8 Å². The summed E-state index contributed by atoms with van der Waals surface area (Å²) in [5.74, 6) is 1.99. The van der Waals surface area contributed by atoms with Crippen molar-refractivity contribution in [2.75, 3.05) is 11.5 Å². The maximum atomic E-state index is 9.80. The van der Waals surface area contributed by atoms with E-state index in [1.54, 1.807) is 0 Å². The van der Waals surface area contributed by atoms with Gasteiger partial charge in [-0.3, -0.25) is 0 Å². The molecule has 0 saturated carbocycles. The van der Waals surface area contributed by atoms with E-state index in [4.69, 9.17) is 0 Å². The van der Waals surface area contributed by atoms with Gasteiger partial charge in [0.15, 0.2) is 0 Å². The molecule has 15 heavy (non-hydrogen) atoms. The van der Waals surface area contributed by atoms with Gasteiger partial charge in [0.05, 0.1) is 6.10 Å². The van der Waals surface area contributed by atoms with Crippen molar-refractivity contribution in [3.8, 4) is 0 Å². The fourth-order valence-corrected chi connectivity index (χ4v) is 2.38. The molecule has 0 spiro atoms. The van der Waals surface area contributed by atoms with E-state index in [0.717, 1.165) is 17.9 Å². The van der Waals surface area contributed by atoms with Gasteiger partial charge in [0, 0.05) is 5.75 Å². The minimum Gasteiger partial charge on any atom is -0.392 e. The molecule has 0 bridgehead atoms. The molecule has 0 radical (unpaired) electrons. The highest BCUT2D eigenvalue weighted by molar-refractivity contribution is 7.99. The smallest absolute Gasteiger partial charge is 0.0670 e. The van der Waals surface area contributed by atoms with Crippen molar-refractivity contribution in [1.82, 2.24) is 0 Å². The van der Waals surface area contributed by atoms with Crippen LogP contribution in [-0.2, 0) is 6.42 Å². The predicted molar refractivity (Wildman–Crippen MR) is 68.5 cm³/mol. The number of aryl methyl sites for hydroxylation is 1. The second-order valence-electron chi connectivity index (χ2n) is 3.92. The Morgan fingerprint density at radius 2 is 2.20 bits per heavy atom. The average molecular weight is 224 g/mol. The van der Waals surface area contributed by atoms with Gasteiger partial charge in [0.2, 0.25) is 0 Å². The number of aliphatic hydroxyl groups is 1. The fourth-order valence-electron chi connectivity index (χ4n) is 1.53. The summed E-state index contributed by atoms with van der Waals surface area (Å²) in [6.07, 6.45) is 1.75. The van der Waals surface area contributed by atoms with Crippen molar-refractivity contribution in [2.45, 2.75) is 32.8 Å². The fraction of sp³-hybridized carbons (Fsp3) is 0.538. The van der Waals surface area contributed by atoms with E-state index in [-0.39, 0.29) is 6.10 Å². The van der Waals surface area contributed by atoms with Crippen molar-refractivity contribution >= 4 is 11.8 Å². The van der Waals surface area contributed by atoms with Crippen LogP contribution in [0.3, 0.4) is 0 Å². The third-order valence-corrected chi connectivity index (χ3v) is 3.53. The molecule has 0 aromatic heterocycles. The molecule has 0 amide bonds. The highest BCUT2D eigenvalue weighted by atomic mass is 32.2. The van der Waals surface area contributed by atoms with Gasteiger partial charge in [0.1, 0.15) is 0 Å². The Morgan fingerprint density at radius 1 is 1.40 bits per heavy atom. The van der Waals surface area contributed by atoms with Crippen molar-refractivity contribution in [1.29, 1.82) is 0 Å². The molecule has 84 valence electrons. The van der Waals surface area contributed by atoms with Crippen LogP contribution in [0.2, 0.25) is 0 Å². The Kier molecular flexibility index (Phi) is 5.81. The van der Waals surface area contributed by atoms with Crippen LogP contribution >= 0.6 is 11.8 Å². The Morgan fingerprint density at radius 3 is 2.87 bits per heavy atom. The first kappa shape index (κ1) is 12.6. The molecule has 0 heterocycles. The van der Waals surface area contributed by atoms with Gasteiger partial charge < -0.3 is 5.11 Å². The number of aliphatic hydroxyl groups excluding tert-OH is 1. The zero-order valence-corrected chi connectivity index (χ0v) is 10.4. The summed E-state index contributed by atoms with van der Waals surface area (Å²) in [7, 11) is 0. The zero-order valence-electron chi connectivity index (χ0n) is 9.57. The molecule has 0 aliphatic heterocycles. The van der Waals surface area contributed by atoms with E-state index in [1.807, 2.05) is 11.8 Å². The lowest BCUT2D eigenvalue weighted by Gasteiger charge is -2.10. The lowest BCUT2D eigenvalue weighted by atomic mass is 10.1. The lowest BCUT2D eigenvalue weighted by molar-refractivity contribution is 0.200. The Hall–Kier alpha value is -0.470. The van der Waals surface area contributed by atoms with Gasteiger partial charge in [-0.1, -0.05) is 36.8 Å². The first-order valence-electron chi connectivity index (χ1n) is 5.53. The predicted octanol–water partition coefficient (Wildman–Crippen LogP) is 3.04. The van der Waals surface area contributed by atoms with Gasteiger partial charge in [-0.15, -0.1) is 0 Å². The summed E-state index contributed by atoms with van der Waals surface area (Å²) in [6.45, 7) is 4.25. The number of thioether (sulfide) groups is 1. The van der Waals surface area contributed by atoms with Crippen LogP contribution in [0.4, 0.5) is 0 Å². The Balaban J connectivity index is 2.34. The standard InChI is InChI=1S/C13H20OS/c1-3-7-15-10-13(14)9-12-6-4-5-11(2)8-12/h4-6,8,13-14H,3,7,9-10H2,1-2H3. The SMILES string of the molecule is CCCSCC(O)Cc1cccc(C)c1. The zero-order chi connectivity index (χ0) is 11.1. The van der Waals surface area contributed by atoms with E-state index in [2.05, 4.69) is 38.1 Å². The van der Waals surface area contributed by atoms with Crippen LogP contribution in [0.1, 0.15) is 24.5 Å². The molecule has 1 nitrogen and oxygen atoms in total. The number of hydrogen-bond acceptors (Lipinski definition) is 2. The second kappa shape index (κ2) is 6.91. The van der Waals surface area contributed by atoms with Crippen molar-refractivity contribution in [2.24, 2.45) is 0 Å². The third-order valence-electron chi connectivity index (χ3n) is 2.21. The number of rotatable bonds is 6. The summed E-state index contributed by atoms with van der Waals surface area (Å²) in [5, 5.41) is 9.80. The number of hydrogen-bond donors (Lipinski definition) is 1. The molecular formula is C13H20OS. The highest BCUT2D eigenvalue weighted by Gasteiger charge is 2.05. The quantitative estimate of drug-likeness (QED) is 0.749. The summed E-state index contributed by atoms with van der Waals surface area (Å²) < 4.78 is 0. The summed E-state index contributed by atoms with van der Waals surface area (Å²) in [4.78, 5) is 0. The van der Waals surface area contributed by atoms with Crippen molar-refractivity contribution < 1.29 is 5.11 Å². The Bertz CT molecular complexity index is 286. The van der Waals surface area contributed by atoms with E-state index in [9.17, 15) is 5.11 Å². The molecular weight excluding hydrogens is 204 g/mol. The molecule has 1 N–H and O–H groups in total. The molecule has 2 heteroatoms. The molecule has 0 aliphatic carbocycles. The first-order chi connectivity index (χ1) is 7.22. The monoisotopic (exact) mass is 224 g/mol. The van der Waals surface area contributed by atoms with Crippen LogP contribution < -0.4 is 0 Å². The van der Waals surface area contributed by atoms with E-state index >= 15 is 0 Å². The van der Waals surface area contributed by atoms with Crippen molar-refractivity contribution in [3.63, 3.8) is 0 Å². The van der Waals surface area contributed by atoms with E-state index < -0.39 is 0 Å². The van der Waals surface area contributed by atoms with Crippen LogP contribution in [0.25, 0.3) is 0 Å². The van der Waals surface area contributed by atoms with Gasteiger partial charge in [0.25, 0.3) is 0 Å². The summed E-state index contributed by atoms with van der Waals surface area (Å²) in [5.41, 5.74) is 2.50. The molecule has 1 aromatic carbocycles. The third kappa shape index (κ3) is 5.24. The minimum absolute atomic E-state index is 0.205. The Labute approximate surface area is 96.9 Å². The molecule has 1 atom stereocenters. The largest absolute Gasteiger partial charge is 0.392 e. The second-order valence-corrected chi connectivity index (χ2v) is 5.07. The van der Waals surface area contributed by atoms with Gasteiger partial charge >= 0.3 is 0 Å². The molecule has 0 fully saturated rings. The van der Waals surface area contributed by atoms with Crippen LogP contribution in [0.15, 0.2) is 24.3 Å². The lowest BCUT2D eigenvalue weighted by Crippen LogP contribution is -2.13. The van der Waals surface area contributed by atoms with Gasteiger partial charge in [-0.05, 0) is 31.1 Å². The highest BCUT2D eigenvalue weighted by Crippen LogP contribution is 2.11. The van der Waals surface area contributed by atoms with Crippen LogP contribution in [0.5, 0.6) is 0 Å². The normalized spacial score (nSPS) is 12.7. The van der Waals surface area contributed by atoms with E-state index in [0.29, 0.717) is 0 Å². The molecule has 0 saturated heterocycles. The van der Waals surface area contributed by atoms with Crippen LogP contribution in [-0.4, -0.2) is 22.7 Å².